The van der Waals surface area contributed by atoms with E-state index in [4.69, 9.17) is 10.5 Å². The number of nitrogens with zero attached hydrogens (tertiary/aromatic N) is 4. The van der Waals surface area contributed by atoms with Crippen LogP contribution in [0.1, 0.15) is 27.3 Å². The van der Waals surface area contributed by atoms with Crippen LogP contribution in [0.25, 0.3) is 11.2 Å². The number of hydrogen-bond donors (Lipinski definition) is 3. The third kappa shape index (κ3) is 3.37. The quantitative estimate of drug-likeness (QED) is 0.489. The number of nitrogens with two attached hydrogens (primary N) is 1. The highest BCUT2D eigenvalue weighted by molar-refractivity contribution is 5.98. The Hall–Kier alpha value is -4.22. The average molecular weight is 423 g/mol. The number of aromatic nitrogens is 4. The van der Waals surface area contributed by atoms with Gasteiger partial charge in [0.05, 0.1) is 0 Å². The van der Waals surface area contributed by atoms with Crippen LogP contribution < -0.4 is 16.6 Å². The maximum Gasteiger partial charge on any atom is 0.287 e. The number of amides is 1. The monoisotopic (exact) mass is 423 g/mol. The van der Waals surface area contributed by atoms with E-state index in [1.54, 1.807) is 0 Å². The molecule has 0 radical (unpaired) electrons. The van der Waals surface area contributed by atoms with E-state index in [9.17, 15) is 14.4 Å². The summed E-state index contributed by atoms with van der Waals surface area (Å²) in [5.74, 6) is -0.699. The summed E-state index contributed by atoms with van der Waals surface area (Å²) >= 11 is 0. The molecule has 31 heavy (non-hydrogen) atoms. The van der Waals surface area contributed by atoms with E-state index >= 15 is 0 Å². The van der Waals surface area contributed by atoms with E-state index in [1.165, 1.54) is 5.56 Å². The Balaban J connectivity index is 1.30. The maximum absolute atomic E-state index is 12.4. The van der Waals surface area contributed by atoms with Crippen LogP contribution in [-0.2, 0) is 29.0 Å². The Morgan fingerprint density at radius 2 is 2.13 bits per heavy atom. The number of nitrogens with one attached hydrogen (secondary N) is 2. The number of hydrogen-bond acceptors (Lipinski definition) is 10. The van der Waals surface area contributed by atoms with Crippen molar-refractivity contribution in [3.05, 3.63) is 62.6 Å². The van der Waals surface area contributed by atoms with Gasteiger partial charge in [-0.3, -0.25) is 14.4 Å². The maximum atomic E-state index is 12.4. The van der Waals surface area contributed by atoms with Crippen LogP contribution in [0.15, 0.2) is 39.2 Å². The van der Waals surface area contributed by atoms with E-state index in [2.05, 4.69) is 30.2 Å². The minimum Gasteiger partial charge on any atom is -0.469 e. The zero-order valence-corrected chi connectivity index (χ0v) is 16.2. The number of ketones is 1. The number of ether oxygens (including phenoxy) is 1. The molecule has 0 aliphatic carbocycles. The summed E-state index contributed by atoms with van der Waals surface area (Å²) in [6, 6.07) is 5.90. The topological polar surface area (TPSA) is 169 Å². The second-order valence-electron chi connectivity index (χ2n) is 7.23. The van der Waals surface area contributed by atoms with Crippen molar-refractivity contribution in [2.75, 3.05) is 13.2 Å². The molecule has 0 atom stereocenters. The van der Waals surface area contributed by atoms with Crippen molar-refractivity contribution in [3.8, 4) is 0 Å². The Morgan fingerprint density at radius 3 is 2.94 bits per heavy atom. The normalized spacial score (nSPS) is 15.9. The van der Waals surface area contributed by atoms with E-state index < -0.39 is 11.5 Å². The SMILES string of the molecule is NC1=C(N2CCc3ccc(CNC(=O)c4nc5nonc5c(=O)[nH]4)cc3C2)C(=O)CO1. The molecule has 0 bridgehead atoms. The minimum absolute atomic E-state index is 0.0249. The van der Waals surface area contributed by atoms with Crippen LogP contribution in [0.5, 0.6) is 0 Å². The number of Topliss-reactive ketones (excluding diaryl/α,β-unsaturated/α-hetero) is 1. The fourth-order valence-corrected chi connectivity index (χ4v) is 3.74. The first-order valence-electron chi connectivity index (χ1n) is 9.52. The molecule has 0 fully saturated rings. The third-order valence-electron chi connectivity index (χ3n) is 5.26. The number of fused-ring (bicyclic) bond motifs is 2. The van der Waals surface area contributed by atoms with Gasteiger partial charge in [0.25, 0.3) is 11.5 Å². The van der Waals surface area contributed by atoms with Crippen molar-refractivity contribution in [2.24, 2.45) is 5.73 Å². The van der Waals surface area contributed by atoms with Crippen LogP contribution in [0.4, 0.5) is 0 Å². The lowest BCUT2D eigenvalue weighted by Crippen LogP contribution is -2.33. The van der Waals surface area contributed by atoms with Crippen LogP contribution in [0.3, 0.4) is 0 Å². The highest BCUT2D eigenvalue weighted by Crippen LogP contribution is 2.26. The van der Waals surface area contributed by atoms with Gasteiger partial charge in [-0.05, 0) is 33.4 Å². The molecular weight excluding hydrogens is 406 g/mol. The molecule has 3 aromatic rings. The Kier molecular flexibility index (Phi) is 4.38. The van der Waals surface area contributed by atoms with Gasteiger partial charge in [-0.2, -0.15) is 0 Å². The second-order valence-corrected chi connectivity index (χ2v) is 7.23. The van der Waals surface area contributed by atoms with Crippen LogP contribution >= 0.6 is 0 Å². The first kappa shape index (κ1) is 18.8. The molecule has 0 spiro atoms. The summed E-state index contributed by atoms with van der Waals surface area (Å²) < 4.78 is 9.62. The average Bonchev–Trinajstić information content (AvgIpc) is 3.38. The summed E-state index contributed by atoms with van der Waals surface area (Å²) in [5, 5.41) is 9.64. The summed E-state index contributed by atoms with van der Waals surface area (Å²) in [4.78, 5) is 44.6. The molecule has 4 N–H and O–H groups in total. The third-order valence-corrected chi connectivity index (χ3v) is 5.26. The Morgan fingerprint density at radius 1 is 1.26 bits per heavy atom. The minimum atomic E-state index is -0.607. The van der Waals surface area contributed by atoms with Crippen molar-refractivity contribution in [2.45, 2.75) is 19.5 Å². The van der Waals surface area contributed by atoms with Crippen molar-refractivity contribution >= 4 is 22.9 Å². The molecule has 5 rings (SSSR count). The van der Waals surface area contributed by atoms with Crippen LogP contribution in [-0.4, -0.2) is 50.0 Å². The molecule has 2 aliphatic heterocycles. The smallest absolute Gasteiger partial charge is 0.287 e. The van der Waals surface area contributed by atoms with Gasteiger partial charge in [0.2, 0.25) is 28.7 Å². The van der Waals surface area contributed by atoms with Gasteiger partial charge in [-0.25, -0.2) is 9.61 Å². The predicted molar refractivity (Wildman–Crippen MR) is 104 cm³/mol. The predicted octanol–water partition coefficient (Wildman–Crippen LogP) is -0.679. The standard InChI is InChI=1S/C19H17N7O5/c20-15-14(12(27)8-30-15)26-4-3-10-2-1-9(5-11(10)7-26)6-21-19(29)17-22-16-13(18(28)23-17)24-31-25-16/h1-2,5H,3-4,6-8,20H2,(H,21,29)(H,22,23,25,28). The first-order valence-corrected chi connectivity index (χ1v) is 9.52. The molecular formula is C19H17N7O5. The Labute approximate surface area is 174 Å². The number of H-pyrrole nitrogens is 1. The molecule has 12 nitrogen and oxygen atoms in total. The lowest BCUT2D eigenvalue weighted by molar-refractivity contribution is -0.117. The Bertz CT molecular complexity index is 1310. The molecule has 158 valence electrons. The number of aromatic amines is 1. The summed E-state index contributed by atoms with van der Waals surface area (Å²) in [6.45, 7) is 1.39. The van der Waals surface area contributed by atoms with E-state index in [0.717, 1.165) is 17.5 Å². The lowest BCUT2D eigenvalue weighted by Gasteiger charge is -2.30. The number of carbonyl (C=O) groups is 2. The largest absolute Gasteiger partial charge is 0.469 e. The molecule has 12 heteroatoms. The number of benzene rings is 1. The molecule has 0 unspecified atom stereocenters. The van der Waals surface area contributed by atoms with Gasteiger partial charge in [0.15, 0.2) is 6.61 Å². The number of carbonyl (C=O) groups excluding carboxylic acids is 2. The molecule has 0 saturated carbocycles. The highest BCUT2D eigenvalue weighted by atomic mass is 16.6. The van der Waals surface area contributed by atoms with Gasteiger partial charge < -0.3 is 25.7 Å². The summed E-state index contributed by atoms with van der Waals surface area (Å²) in [7, 11) is 0. The van der Waals surface area contributed by atoms with Gasteiger partial charge in [0, 0.05) is 19.6 Å². The molecule has 2 aliphatic rings. The molecule has 2 aromatic heterocycles. The molecule has 4 heterocycles. The van der Waals surface area contributed by atoms with Gasteiger partial charge in [0.1, 0.15) is 5.70 Å². The zero-order chi connectivity index (χ0) is 21.5. The number of rotatable bonds is 4. The molecule has 0 saturated heterocycles. The van der Waals surface area contributed by atoms with Gasteiger partial charge in [-0.15, -0.1) is 0 Å². The molecule has 1 amide bonds. The van der Waals surface area contributed by atoms with E-state index in [1.807, 2.05) is 23.1 Å². The van der Waals surface area contributed by atoms with Gasteiger partial charge in [-0.1, -0.05) is 18.2 Å². The summed E-state index contributed by atoms with van der Waals surface area (Å²) in [6.07, 6.45) is 0.767. The van der Waals surface area contributed by atoms with Gasteiger partial charge >= 0.3 is 0 Å². The van der Waals surface area contributed by atoms with Crippen molar-refractivity contribution < 1.29 is 19.0 Å². The highest BCUT2D eigenvalue weighted by Gasteiger charge is 2.30. The second kappa shape index (κ2) is 7.23. The van der Waals surface area contributed by atoms with Crippen LogP contribution in [0.2, 0.25) is 0 Å². The summed E-state index contributed by atoms with van der Waals surface area (Å²) in [5.41, 5.74) is 8.61. The first-order chi connectivity index (χ1) is 15.0. The fourth-order valence-electron chi connectivity index (χ4n) is 3.74. The van der Waals surface area contributed by atoms with E-state index in [-0.39, 0.29) is 41.8 Å². The zero-order valence-electron chi connectivity index (χ0n) is 16.2. The van der Waals surface area contributed by atoms with Crippen molar-refractivity contribution in [3.63, 3.8) is 0 Å². The van der Waals surface area contributed by atoms with Crippen molar-refractivity contribution in [1.82, 2.24) is 30.5 Å². The van der Waals surface area contributed by atoms with E-state index in [0.29, 0.717) is 18.8 Å². The molecule has 1 aromatic carbocycles. The fraction of sp³-hybridized carbons (Fsp3) is 0.263. The van der Waals surface area contributed by atoms with Crippen LogP contribution in [0, 0.1) is 0 Å². The lowest BCUT2D eigenvalue weighted by atomic mass is 9.96. The van der Waals surface area contributed by atoms with Crippen molar-refractivity contribution in [1.29, 1.82) is 0 Å².